The van der Waals surface area contributed by atoms with E-state index in [2.05, 4.69) is 21.9 Å². The van der Waals surface area contributed by atoms with Gasteiger partial charge in [-0.1, -0.05) is 0 Å². The molecule has 0 atom stereocenters. The van der Waals surface area contributed by atoms with Crippen LogP contribution in [0, 0.1) is 0 Å². The molecule has 0 radical (unpaired) electrons. The van der Waals surface area contributed by atoms with Crippen LogP contribution in [0.4, 0.5) is 5.69 Å². The standard InChI is InChI=1S/C24H32N4O3/c1-25(2)23(29)19-6-8-20(9-7-19)27-14-10-21(11-15-27)26-12-4-13-28(17-16-26)24(30)22-5-3-18-31-22/h3,5-9,18,21H,4,10-17H2,1-2H3. The number of carbonyl (C=O) groups is 2. The minimum atomic E-state index is -0.00198. The van der Waals surface area contributed by atoms with Gasteiger partial charge < -0.3 is 19.1 Å². The van der Waals surface area contributed by atoms with Crippen LogP contribution in [-0.2, 0) is 0 Å². The van der Waals surface area contributed by atoms with E-state index in [1.54, 1.807) is 37.4 Å². The van der Waals surface area contributed by atoms with Crippen LogP contribution in [0.5, 0.6) is 0 Å². The summed E-state index contributed by atoms with van der Waals surface area (Å²) in [5.74, 6) is 0.462. The van der Waals surface area contributed by atoms with Crippen molar-refractivity contribution in [3.05, 3.63) is 54.0 Å². The van der Waals surface area contributed by atoms with Crippen molar-refractivity contribution in [3.8, 4) is 0 Å². The van der Waals surface area contributed by atoms with Gasteiger partial charge in [0.15, 0.2) is 5.76 Å². The van der Waals surface area contributed by atoms with Crippen LogP contribution in [0.2, 0.25) is 0 Å². The van der Waals surface area contributed by atoms with Crippen LogP contribution in [-0.4, -0.2) is 85.9 Å². The van der Waals surface area contributed by atoms with Crippen LogP contribution >= 0.6 is 0 Å². The maximum Gasteiger partial charge on any atom is 0.289 e. The normalized spacial score (nSPS) is 18.6. The Morgan fingerprint density at radius 2 is 1.68 bits per heavy atom. The fourth-order valence-corrected chi connectivity index (χ4v) is 4.62. The van der Waals surface area contributed by atoms with Gasteiger partial charge in [0.2, 0.25) is 0 Å². The molecule has 2 aliphatic heterocycles. The van der Waals surface area contributed by atoms with Gasteiger partial charge in [0.25, 0.3) is 11.8 Å². The summed E-state index contributed by atoms with van der Waals surface area (Å²) in [6.45, 7) is 5.51. The molecule has 2 saturated heterocycles. The van der Waals surface area contributed by atoms with Gasteiger partial charge in [-0.15, -0.1) is 0 Å². The van der Waals surface area contributed by atoms with Crippen molar-refractivity contribution in [3.63, 3.8) is 0 Å². The molecule has 0 spiro atoms. The smallest absolute Gasteiger partial charge is 0.289 e. The van der Waals surface area contributed by atoms with Crippen molar-refractivity contribution >= 4 is 17.5 Å². The maximum absolute atomic E-state index is 12.6. The molecule has 2 aromatic rings. The number of piperidine rings is 1. The molecule has 0 aliphatic carbocycles. The number of rotatable bonds is 4. The number of benzene rings is 1. The van der Waals surface area contributed by atoms with Crippen LogP contribution in [0.1, 0.15) is 40.2 Å². The molecular weight excluding hydrogens is 392 g/mol. The van der Waals surface area contributed by atoms with Crippen LogP contribution in [0.3, 0.4) is 0 Å². The van der Waals surface area contributed by atoms with E-state index in [1.165, 1.54) is 5.69 Å². The SMILES string of the molecule is CN(C)C(=O)c1ccc(N2CCC(N3CCCN(C(=O)c4ccco4)CC3)CC2)cc1. The Labute approximate surface area is 184 Å². The average Bonchev–Trinajstić information content (AvgIpc) is 3.23. The molecule has 1 aromatic carbocycles. The summed E-state index contributed by atoms with van der Waals surface area (Å²) in [5, 5.41) is 0. The lowest BCUT2D eigenvalue weighted by atomic mass is 10.0. The second-order valence-electron chi connectivity index (χ2n) is 8.62. The third-order valence-electron chi connectivity index (χ3n) is 6.42. The van der Waals surface area contributed by atoms with E-state index in [1.807, 2.05) is 17.0 Å². The van der Waals surface area contributed by atoms with Gasteiger partial charge in [-0.3, -0.25) is 14.5 Å². The zero-order chi connectivity index (χ0) is 21.8. The monoisotopic (exact) mass is 424 g/mol. The number of nitrogens with zero attached hydrogens (tertiary/aromatic N) is 4. The molecule has 7 heteroatoms. The van der Waals surface area contributed by atoms with Crippen molar-refractivity contribution in [2.24, 2.45) is 0 Å². The van der Waals surface area contributed by atoms with Crippen molar-refractivity contribution in [1.29, 1.82) is 0 Å². The summed E-state index contributed by atoms with van der Waals surface area (Å²) >= 11 is 0. The third kappa shape index (κ3) is 4.93. The number of amides is 2. The molecule has 3 heterocycles. The molecule has 2 aliphatic rings. The summed E-state index contributed by atoms with van der Waals surface area (Å²) in [5.41, 5.74) is 1.90. The Hall–Kier alpha value is -2.80. The summed E-state index contributed by atoms with van der Waals surface area (Å²) in [4.78, 5) is 33.2. The van der Waals surface area contributed by atoms with Gasteiger partial charge in [0.05, 0.1) is 6.26 Å². The van der Waals surface area contributed by atoms with Gasteiger partial charge >= 0.3 is 0 Å². The summed E-state index contributed by atoms with van der Waals surface area (Å²) < 4.78 is 5.29. The Morgan fingerprint density at radius 3 is 2.32 bits per heavy atom. The van der Waals surface area contributed by atoms with Crippen LogP contribution in [0.15, 0.2) is 47.1 Å². The van der Waals surface area contributed by atoms with E-state index in [-0.39, 0.29) is 11.8 Å². The molecule has 0 saturated carbocycles. The first-order valence-corrected chi connectivity index (χ1v) is 11.2. The van der Waals surface area contributed by atoms with Crippen molar-refractivity contribution in [2.45, 2.75) is 25.3 Å². The number of hydrogen-bond acceptors (Lipinski definition) is 5. The van der Waals surface area contributed by atoms with Gasteiger partial charge in [0.1, 0.15) is 0 Å². The fourth-order valence-electron chi connectivity index (χ4n) is 4.62. The first-order chi connectivity index (χ1) is 15.0. The Balaban J connectivity index is 1.29. The minimum absolute atomic E-state index is 0.00198. The van der Waals surface area contributed by atoms with E-state index in [0.29, 0.717) is 11.8 Å². The molecule has 166 valence electrons. The predicted molar refractivity (Wildman–Crippen MR) is 120 cm³/mol. The number of furan rings is 1. The maximum atomic E-state index is 12.6. The molecule has 4 rings (SSSR count). The largest absolute Gasteiger partial charge is 0.459 e. The Morgan fingerprint density at radius 1 is 0.935 bits per heavy atom. The number of hydrogen-bond donors (Lipinski definition) is 0. The molecular formula is C24H32N4O3. The molecule has 0 N–H and O–H groups in total. The second kappa shape index (κ2) is 9.56. The van der Waals surface area contributed by atoms with Crippen LogP contribution in [0.25, 0.3) is 0 Å². The van der Waals surface area contributed by atoms with E-state index >= 15 is 0 Å². The third-order valence-corrected chi connectivity index (χ3v) is 6.42. The molecule has 0 unspecified atom stereocenters. The fraction of sp³-hybridized carbons (Fsp3) is 0.500. The van der Waals surface area contributed by atoms with Crippen molar-refractivity contribution < 1.29 is 14.0 Å². The van der Waals surface area contributed by atoms with Gasteiger partial charge in [0, 0.05) is 70.7 Å². The Kier molecular flexibility index (Phi) is 6.61. The highest BCUT2D eigenvalue weighted by molar-refractivity contribution is 5.94. The Bertz CT molecular complexity index is 871. The van der Waals surface area contributed by atoms with Gasteiger partial charge in [-0.05, 0) is 55.7 Å². The predicted octanol–water partition coefficient (Wildman–Crippen LogP) is 2.80. The van der Waals surface area contributed by atoms with Gasteiger partial charge in [-0.25, -0.2) is 0 Å². The lowest BCUT2D eigenvalue weighted by Crippen LogP contribution is -2.46. The highest BCUT2D eigenvalue weighted by atomic mass is 16.3. The zero-order valence-corrected chi connectivity index (χ0v) is 18.5. The van der Waals surface area contributed by atoms with Gasteiger partial charge in [-0.2, -0.15) is 0 Å². The topological polar surface area (TPSA) is 60.2 Å². The molecule has 1 aromatic heterocycles. The second-order valence-corrected chi connectivity index (χ2v) is 8.62. The highest BCUT2D eigenvalue weighted by Gasteiger charge is 2.28. The molecule has 31 heavy (non-hydrogen) atoms. The molecule has 0 bridgehead atoms. The highest BCUT2D eigenvalue weighted by Crippen LogP contribution is 2.24. The molecule has 2 amide bonds. The summed E-state index contributed by atoms with van der Waals surface area (Å²) in [7, 11) is 3.55. The van der Waals surface area contributed by atoms with E-state index < -0.39 is 0 Å². The summed E-state index contributed by atoms with van der Waals surface area (Å²) in [6.07, 6.45) is 4.78. The zero-order valence-electron chi connectivity index (χ0n) is 18.5. The number of carbonyl (C=O) groups excluding carboxylic acids is 2. The molecule has 2 fully saturated rings. The van der Waals surface area contributed by atoms with E-state index in [9.17, 15) is 9.59 Å². The molecule has 7 nitrogen and oxygen atoms in total. The summed E-state index contributed by atoms with van der Waals surface area (Å²) in [6, 6.07) is 12.0. The van der Waals surface area contributed by atoms with Crippen LogP contribution < -0.4 is 4.90 Å². The number of anilines is 1. The minimum Gasteiger partial charge on any atom is -0.459 e. The lowest BCUT2D eigenvalue weighted by molar-refractivity contribution is 0.0724. The van der Waals surface area contributed by atoms with E-state index in [0.717, 1.165) is 64.1 Å². The van der Waals surface area contributed by atoms with Crippen molar-refractivity contribution in [1.82, 2.24) is 14.7 Å². The lowest BCUT2D eigenvalue weighted by Gasteiger charge is -2.39. The quantitative estimate of drug-likeness (QED) is 0.755. The first-order valence-electron chi connectivity index (χ1n) is 11.2. The first kappa shape index (κ1) is 21.4. The van der Waals surface area contributed by atoms with Crippen molar-refractivity contribution in [2.75, 3.05) is 58.3 Å². The van der Waals surface area contributed by atoms with E-state index in [4.69, 9.17) is 4.42 Å². The average molecular weight is 425 g/mol.